The second-order valence-electron chi connectivity index (χ2n) is 9.18. The van der Waals surface area contributed by atoms with E-state index >= 15 is 0 Å². The van der Waals surface area contributed by atoms with Crippen LogP contribution < -0.4 is 24.8 Å². The number of anilines is 3. The fourth-order valence-corrected chi connectivity index (χ4v) is 5.19. The van der Waals surface area contributed by atoms with E-state index in [0.717, 1.165) is 54.3 Å². The smallest absolute Gasteiger partial charge is 0.339 e. The lowest BCUT2D eigenvalue weighted by Crippen LogP contribution is -2.41. The SMILES string of the molecule is COc1ccc(N(NC(=O)Cc2cc(OC)c(C(=O)O)cc2Br)c2c(C)cccc2N2CCCCC2)cc1. The summed E-state index contributed by atoms with van der Waals surface area (Å²) < 4.78 is 11.1. The van der Waals surface area contributed by atoms with Gasteiger partial charge in [-0.25, -0.2) is 4.79 Å². The van der Waals surface area contributed by atoms with E-state index < -0.39 is 5.97 Å². The minimum absolute atomic E-state index is 0.00836. The van der Waals surface area contributed by atoms with Crippen molar-refractivity contribution in [3.8, 4) is 11.5 Å². The number of hydrazine groups is 1. The number of carbonyl (C=O) groups excluding carboxylic acids is 1. The molecule has 4 rings (SSSR count). The van der Waals surface area contributed by atoms with Crippen LogP contribution >= 0.6 is 15.9 Å². The number of rotatable bonds is 9. The maximum atomic E-state index is 13.5. The molecule has 0 unspecified atom stereocenters. The van der Waals surface area contributed by atoms with E-state index in [1.54, 1.807) is 13.2 Å². The van der Waals surface area contributed by atoms with Crippen LogP contribution in [-0.4, -0.2) is 44.3 Å². The number of nitrogens with zero attached hydrogens (tertiary/aromatic N) is 2. The lowest BCUT2D eigenvalue weighted by atomic mass is 10.1. The summed E-state index contributed by atoms with van der Waals surface area (Å²) in [7, 11) is 3.03. The Hall–Kier alpha value is -3.72. The fourth-order valence-electron chi connectivity index (χ4n) is 4.71. The number of piperidine rings is 1. The van der Waals surface area contributed by atoms with Crippen molar-refractivity contribution in [2.75, 3.05) is 37.2 Å². The highest BCUT2D eigenvalue weighted by Crippen LogP contribution is 2.38. The van der Waals surface area contributed by atoms with Crippen molar-refractivity contribution in [1.82, 2.24) is 5.43 Å². The number of aryl methyl sites for hydroxylation is 1. The molecule has 3 aromatic rings. The lowest BCUT2D eigenvalue weighted by molar-refractivity contribution is -0.120. The zero-order chi connectivity index (χ0) is 27.2. The van der Waals surface area contributed by atoms with Crippen molar-refractivity contribution in [1.29, 1.82) is 0 Å². The lowest BCUT2D eigenvalue weighted by Gasteiger charge is -2.35. The van der Waals surface area contributed by atoms with E-state index in [1.165, 1.54) is 19.6 Å². The summed E-state index contributed by atoms with van der Waals surface area (Å²) in [5, 5.41) is 11.3. The van der Waals surface area contributed by atoms with E-state index in [9.17, 15) is 14.7 Å². The van der Waals surface area contributed by atoms with Crippen molar-refractivity contribution < 1.29 is 24.2 Å². The van der Waals surface area contributed by atoms with E-state index in [0.29, 0.717) is 10.0 Å². The van der Waals surface area contributed by atoms with Crippen molar-refractivity contribution in [3.63, 3.8) is 0 Å². The molecule has 3 aromatic carbocycles. The minimum atomic E-state index is -1.10. The van der Waals surface area contributed by atoms with Crippen molar-refractivity contribution >= 4 is 44.9 Å². The summed E-state index contributed by atoms with van der Waals surface area (Å²) >= 11 is 3.42. The van der Waals surface area contributed by atoms with Gasteiger partial charge >= 0.3 is 5.97 Å². The standard InChI is InChI=1S/C29H32BrN3O5/c1-19-8-7-9-25(32-14-5-4-6-15-32)28(19)33(21-10-12-22(37-2)13-11-21)31-27(34)17-20-16-26(38-3)23(29(35)36)18-24(20)30/h7-13,16,18H,4-6,14-15,17H2,1-3H3,(H,31,34)(H,35,36). The monoisotopic (exact) mass is 581 g/mol. The van der Waals surface area contributed by atoms with E-state index in [2.05, 4.69) is 32.3 Å². The summed E-state index contributed by atoms with van der Waals surface area (Å²) in [6, 6.07) is 16.8. The molecule has 0 bridgehead atoms. The second kappa shape index (κ2) is 12.2. The summed E-state index contributed by atoms with van der Waals surface area (Å²) in [6.07, 6.45) is 3.49. The number of carbonyl (C=O) groups is 2. The number of carboxylic acids is 1. The molecule has 0 aliphatic carbocycles. The molecular weight excluding hydrogens is 550 g/mol. The van der Waals surface area contributed by atoms with Gasteiger partial charge in [0, 0.05) is 17.6 Å². The topological polar surface area (TPSA) is 91.3 Å². The Morgan fingerprint density at radius 3 is 2.37 bits per heavy atom. The predicted molar refractivity (Wildman–Crippen MR) is 152 cm³/mol. The molecule has 1 fully saturated rings. The summed E-state index contributed by atoms with van der Waals surface area (Å²) in [6.45, 7) is 3.96. The average molecular weight is 582 g/mol. The summed E-state index contributed by atoms with van der Waals surface area (Å²) in [4.78, 5) is 27.4. The van der Waals surface area contributed by atoms with Crippen LogP contribution in [0.2, 0.25) is 0 Å². The zero-order valence-electron chi connectivity index (χ0n) is 21.8. The first-order valence-electron chi connectivity index (χ1n) is 12.5. The van der Waals surface area contributed by atoms with Gasteiger partial charge in [-0.2, -0.15) is 0 Å². The molecule has 1 aliphatic heterocycles. The van der Waals surface area contributed by atoms with E-state index in [4.69, 9.17) is 9.47 Å². The van der Waals surface area contributed by atoms with Crippen LogP contribution in [0.25, 0.3) is 0 Å². The Bertz CT molecular complexity index is 1310. The van der Waals surface area contributed by atoms with Crippen LogP contribution in [0.3, 0.4) is 0 Å². The Morgan fingerprint density at radius 2 is 1.74 bits per heavy atom. The molecular formula is C29H32BrN3O5. The molecule has 0 spiro atoms. The first kappa shape index (κ1) is 27.3. The largest absolute Gasteiger partial charge is 0.497 e. The third kappa shape index (κ3) is 6.05. The summed E-state index contributed by atoms with van der Waals surface area (Å²) in [5.41, 5.74) is 7.52. The normalized spacial score (nSPS) is 13.1. The van der Waals surface area contributed by atoms with Gasteiger partial charge in [-0.3, -0.25) is 15.2 Å². The molecule has 0 aromatic heterocycles. The fraction of sp³-hybridized carbons (Fsp3) is 0.310. The summed E-state index contributed by atoms with van der Waals surface area (Å²) in [5.74, 6) is -0.453. The number of benzene rings is 3. The molecule has 1 heterocycles. The Kier molecular flexibility index (Phi) is 8.78. The maximum absolute atomic E-state index is 13.5. The van der Waals surface area contributed by atoms with Gasteiger partial charge in [-0.15, -0.1) is 0 Å². The van der Waals surface area contributed by atoms with Crippen molar-refractivity contribution in [2.24, 2.45) is 0 Å². The molecule has 2 N–H and O–H groups in total. The van der Waals surface area contributed by atoms with E-state index in [1.807, 2.05) is 48.3 Å². The molecule has 1 amide bonds. The number of amides is 1. The number of aromatic carboxylic acids is 1. The van der Waals surface area contributed by atoms with Crippen LogP contribution in [0.4, 0.5) is 17.1 Å². The molecule has 200 valence electrons. The van der Waals surface area contributed by atoms with Gasteiger partial charge in [0.2, 0.25) is 5.91 Å². The van der Waals surface area contributed by atoms with E-state index in [-0.39, 0.29) is 23.6 Å². The van der Waals surface area contributed by atoms with Crippen LogP contribution in [0.1, 0.15) is 40.7 Å². The highest BCUT2D eigenvalue weighted by molar-refractivity contribution is 9.10. The molecule has 1 saturated heterocycles. The minimum Gasteiger partial charge on any atom is -0.497 e. The molecule has 8 nitrogen and oxygen atoms in total. The second-order valence-corrected chi connectivity index (χ2v) is 10.0. The highest BCUT2D eigenvalue weighted by Gasteiger charge is 2.24. The van der Waals surface area contributed by atoms with Crippen molar-refractivity contribution in [2.45, 2.75) is 32.6 Å². The third-order valence-electron chi connectivity index (χ3n) is 6.65. The van der Waals surface area contributed by atoms with Gasteiger partial charge < -0.3 is 19.5 Å². The van der Waals surface area contributed by atoms with Crippen LogP contribution in [0.15, 0.2) is 59.1 Å². The molecule has 0 saturated carbocycles. The van der Waals surface area contributed by atoms with Crippen LogP contribution in [0.5, 0.6) is 11.5 Å². The number of carboxylic acid groups (broad SMARTS) is 1. The van der Waals surface area contributed by atoms with Gasteiger partial charge in [-0.1, -0.05) is 28.1 Å². The first-order valence-corrected chi connectivity index (χ1v) is 13.3. The van der Waals surface area contributed by atoms with Crippen LogP contribution in [0, 0.1) is 6.92 Å². The number of ether oxygens (including phenoxy) is 2. The van der Waals surface area contributed by atoms with Crippen LogP contribution in [-0.2, 0) is 11.2 Å². The maximum Gasteiger partial charge on any atom is 0.339 e. The number of para-hydroxylation sites is 1. The van der Waals surface area contributed by atoms with Crippen molar-refractivity contribution in [3.05, 3.63) is 75.8 Å². The molecule has 38 heavy (non-hydrogen) atoms. The number of halogens is 1. The molecule has 0 atom stereocenters. The third-order valence-corrected chi connectivity index (χ3v) is 7.39. The van der Waals surface area contributed by atoms with Gasteiger partial charge in [0.15, 0.2) is 0 Å². The first-order chi connectivity index (χ1) is 18.3. The predicted octanol–water partition coefficient (Wildman–Crippen LogP) is 5.88. The number of methoxy groups -OCH3 is 2. The Balaban J connectivity index is 1.71. The molecule has 9 heteroatoms. The average Bonchev–Trinajstić information content (AvgIpc) is 2.93. The van der Waals surface area contributed by atoms with Gasteiger partial charge in [-0.05, 0) is 79.8 Å². The number of hydrogen-bond acceptors (Lipinski definition) is 6. The van der Waals surface area contributed by atoms with Gasteiger partial charge in [0.1, 0.15) is 17.1 Å². The van der Waals surface area contributed by atoms with Gasteiger partial charge in [0.25, 0.3) is 0 Å². The number of hydrogen-bond donors (Lipinski definition) is 2. The highest BCUT2D eigenvalue weighted by atomic mass is 79.9. The van der Waals surface area contributed by atoms with Gasteiger partial charge in [0.05, 0.1) is 37.7 Å². The Morgan fingerprint density at radius 1 is 1.03 bits per heavy atom. The molecule has 0 radical (unpaired) electrons. The quantitative estimate of drug-likeness (QED) is 0.305. The molecule has 1 aliphatic rings. The number of nitrogens with one attached hydrogen (secondary N) is 1. The zero-order valence-corrected chi connectivity index (χ0v) is 23.4. The Labute approximate surface area is 231 Å².